The van der Waals surface area contributed by atoms with Gasteiger partial charge in [0.15, 0.2) is 0 Å². The number of aryl methyl sites for hydroxylation is 1. The molecule has 21 heavy (non-hydrogen) atoms. The van der Waals surface area contributed by atoms with Crippen LogP contribution in [0.3, 0.4) is 0 Å². The van der Waals surface area contributed by atoms with Crippen molar-refractivity contribution in [3.63, 3.8) is 0 Å². The zero-order chi connectivity index (χ0) is 14.8. The van der Waals surface area contributed by atoms with Gasteiger partial charge in [-0.15, -0.1) is 0 Å². The van der Waals surface area contributed by atoms with Crippen molar-refractivity contribution < 1.29 is 0 Å². The van der Waals surface area contributed by atoms with Crippen LogP contribution >= 0.6 is 11.6 Å². The lowest BCUT2D eigenvalue weighted by atomic mass is 9.96. The largest absolute Gasteiger partial charge is 0.330 e. The Morgan fingerprint density at radius 3 is 2.86 bits per heavy atom. The molecule has 1 aromatic heterocycles. The number of fused-ring (bicyclic) bond motifs is 1. The predicted molar refractivity (Wildman–Crippen MR) is 88.8 cm³/mol. The molecule has 3 rings (SSSR count). The lowest BCUT2D eigenvalue weighted by Crippen LogP contribution is -2.10. The summed E-state index contributed by atoms with van der Waals surface area (Å²) in [5.74, 6) is 1.94. The smallest absolute Gasteiger partial charge is 0.110 e. The predicted octanol–water partition coefficient (Wildman–Crippen LogP) is 4.33. The lowest BCUT2D eigenvalue weighted by Gasteiger charge is -2.14. The number of halogens is 1. The first-order chi connectivity index (χ1) is 10.2. The van der Waals surface area contributed by atoms with Crippen LogP contribution in [0.15, 0.2) is 18.2 Å². The molecule has 1 fully saturated rings. The maximum atomic E-state index is 6.16. The fourth-order valence-corrected chi connectivity index (χ4v) is 3.32. The number of hydrogen-bond donors (Lipinski definition) is 1. The van der Waals surface area contributed by atoms with Gasteiger partial charge in [0.2, 0.25) is 0 Å². The van der Waals surface area contributed by atoms with Crippen LogP contribution < -0.4 is 5.73 Å². The van der Waals surface area contributed by atoms with Crippen molar-refractivity contribution in [2.24, 2.45) is 11.7 Å². The second-order valence-electron chi connectivity index (χ2n) is 6.15. The highest BCUT2D eigenvalue weighted by Crippen LogP contribution is 2.39. The topological polar surface area (TPSA) is 43.8 Å². The summed E-state index contributed by atoms with van der Waals surface area (Å²) in [7, 11) is 0. The lowest BCUT2D eigenvalue weighted by molar-refractivity contribution is 0.435. The van der Waals surface area contributed by atoms with E-state index in [1.807, 2.05) is 12.1 Å². The highest BCUT2D eigenvalue weighted by molar-refractivity contribution is 6.31. The summed E-state index contributed by atoms with van der Waals surface area (Å²) in [6.45, 7) is 3.04. The van der Waals surface area contributed by atoms with Crippen molar-refractivity contribution >= 4 is 22.6 Å². The van der Waals surface area contributed by atoms with Gasteiger partial charge in [-0.1, -0.05) is 24.9 Å². The molecule has 1 aliphatic carbocycles. The molecule has 2 aromatic rings. The molecule has 1 aliphatic rings. The molecule has 0 spiro atoms. The third-order valence-electron chi connectivity index (χ3n) is 4.57. The van der Waals surface area contributed by atoms with Gasteiger partial charge in [0.1, 0.15) is 5.82 Å². The molecule has 3 nitrogen and oxygen atoms in total. The van der Waals surface area contributed by atoms with Crippen LogP contribution in [0.25, 0.3) is 11.0 Å². The molecule has 0 saturated heterocycles. The Bertz CT molecular complexity index is 616. The first kappa shape index (κ1) is 14.9. The molecule has 1 atom stereocenters. The van der Waals surface area contributed by atoms with Crippen LogP contribution in [-0.2, 0) is 6.42 Å². The van der Waals surface area contributed by atoms with Gasteiger partial charge in [-0.2, -0.15) is 0 Å². The van der Waals surface area contributed by atoms with E-state index in [1.54, 1.807) is 0 Å². The minimum atomic E-state index is 0.637. The fourth-order valence-electron chi connectivity index (χ4n) is 3.15. The van der Waals surface area contributed by atoms with E-state index in [1.165, 1.54) is 37.0 Å². The average molecular weight is 306 g/mol. The number of imidazole rings is 1. The van der Waals surface area contributed by atoms with E-state index in [-0.39, 0.29) is 0 Å². The maximum absolute atomic E-state index is 6.16. The summed E-state index contributed by atoms with van der Waals surface area (Å²) in [5.41, 5.74) is 7.98. The second kappa shape index (κ2) is 6.37. The van der Waals surface area contributed by atoms with Crippen LogP contribution in [0.5, 0.6) is 0 Å². The molecule has 0 bridgehead atoms. The van der Waals surface area contributed by atoms with Gasteiger partial charge in [-0.3, -0.25) is 0 Å². The molecular weight excluding hydrogens is 282 g/mol. The van der Waals surface area contributed by atoms with Crippen molar-refractivity contribution in [1.29, 1.82) is 0 Å². The summed E-state index contributed by atoms with van der Waals surface area (Å²) < 4.78 is 2.43. The summed E-state index contributed by atoms with van der Waals surface area (Å²) in [6.07, 6.45) is 7.08. The Balaban J connectivity index is 1.85. The fraction of sp³-hybridized carbons (Fsp3) is 0.588. The third kappa shape index (κ3) is 3.24. The van der Waals surface area contributed by atoms with Crippen LogP contribution in [-0.4, -0.2) is 16.1 Å². The molecule has 1 unspecified atom stereocenters. The molecular formula is C17H24ClN3. The normalized spacial score (nSPS) is 16.5. The highest BCUT2D eigenvalue weighted by Gasteiger charge is 2.28. The molecule has 0 aliphatic heterocycles. The summed E-state index contributed by atoms with van der Waals surface area (Å²) in [6, 6.07) is 6.67. The number of benzene rings is 1. The highest BCUT2D eigenvalue weighted by atomic mass is 35.5. The quantitative estimate of drug-likeness (QED) is 0.827. The van der Waals surface area contributed by atoms with Gasteiger partial charge in [0.25, 0.3) is 0 Å². The van der Waals surface area contributed by atoms with Crippen molar-refractivity contribution in [3.05, 3.63) is 29.0 Å². The van der Waals surface area contributed by atoms with Gasteiger partial charge >= 0.3 is 0 Å². The van der Waals surface area contributed by atoms with E-state index >= 15 is 0 Å². The van der Waals surface area contributed by atoms with E-state index < -0.39 is 0 Å². The molecule has 0 radical (unpaired) electrons. The van der Waals surface area contributed by atoms with Gasteiger partial charge in [-0.25, -0.2) is 4.98 Å². The maximum Gasteiger partial charge on any atom is 0.110 e. The van der Waals surface area contributed by atoms with E-state index in [9.17, 15) is 0 Å². The molecule has 1 aromatic carbocycles. The van der Waals surface area contributed by atoms with Crippen LogP contribution in [0.1, 0.15) is 50.9 Å². The minimum Gasteiger partial charge on any atom is -0.330 e. The van der Waals surface area contributed by atoms with E-state index in [2.05, 4.69) is 17.6 Å². The van der Waals surface area contributed by atoms with Gasteiger partial charge in [0.05, 0.1) is 11.0 Å². The minimum absolute atomic E-state index is 0.637. The number of rotatable bonds is 7. The van der Waals surface area contributed by atoms with E-state index in [4.69, 9.17) is 22.3 Å². The van der Waals surface area contributed by atoms with Gasteiger partial charge in [0, 0.05) is 17.5 Å². The SMILES string of the molecule is CCC(CCN)CCc1nc2ccc(Cl)cc2n1C1CC1. The first-order valence-corrected chi connectivity index (χ1v) is 8.47. The zero-order valence-corrected chi connectivity index (χ0v) is 13.4. The monoisotopic (exact) mass is 305 g/mol. The van der Waals surface area contributed by atoms with Crippen molar-refractivity contribution in [2.45, 2.75) is 51.5 Å². The molecule has 1 saturated carbocycles. The molecule has 2 N–H and O–H groups in total. The number of nitrogens with zero attached hydrogens (tertiary/aromatic N) is 2. The second-order valence-corrected chi connectivity index (χ2v) is 6.59. The van der Waals surface area contributed by atoms with Crippen molar-refractivity contribution in [3.8, 4) is 0 Å². The van der Waals surface area contributed by atoms with Gasteiger partial charge < -0.3 is 10.3 Å². The van der Waals surface area contributed by atoms with Crippen LogP contribution in [0, 0.1) is 5.92 Å². The molecule has 4 heteroatoms. The Hall–Kier alpha value is -1.06. The molecule has 1 heterocycles. The first-order valence-electron chi connectivity index (χ1n) is 8.09. The Labute approximate surface area is 131 Å². The Morgan fingerprint density at radius 2 is 2.19 bits per heavy atom. The van der Waals surface area contributed by atoms with Crippen LogP contribution in [0.2, 0.25) is 5.02 Å². The number of nitrogens with two attached hydrogens (primary N) is 1. The number of aromatic nitrogens is 2. The van der Waals surface area contributed by atoms with Gasteiger partial charge in [-0.05, 0) is 56.3 Å². The van der Waals surface area contributed by atoms with Crippen molar-refractivity contribution in [2.75, 3.05) is 6.54 Å². The van der Waals surface area contributed by atoms with E-state index in [0.29, 0.717) is 12.0 Å². The summed E-state index contributed by atoms with van der Waals surface area (Å²) in [4.78, 5) is 4.85. The Kier molecular flexibility index (Phi) is 4.51. The standard InChI is InChI=1S/C17H24ClN3/c1-2-12(9-10-19)3-8-17-20-15-7-4-13(18)11-16(15)21(17)14-5-6-14/h4,7,11-12,14H,2-3,5-6,8-10,19H2,1H3. The molecule has 114 valence electrons. The third-order valence-corrected chi connectivity index (χ3v) is 4.80. The van der Waals surface area contributed by atoms with Crippen molar-refractivity contribution in [1.82, 2.24) is 9.55 Å². The van der Waals surface area contributed by atoms with E-state index in [0.717, 1.165) is 29.9 Å². The zero-order valence-electron chi connectivity index (χ0n) is 12.7. The number of hydrogen-bond acceptors (Lipinski definition) is 2. The summed E-state index contributed by atoms with van der Waals surface area (Å²) >= 11 is 6.16. The summed E-state index contributed by atoms with van der Waals surface area (Å²) in [5, 5.41) is 0.797. The Morgan fingerprint density at radius 1 is 1.38 bits per heavy atom. The van der Waals surface area contributed by atoms with Crippen LogP contribution in [0.4, 0.5) is 0 Å². The average Bonchev–Trinajstić information content (AvgIpc) is 3.25. The molecule has 0 amide bonds.